The van der Waals surface area contributed by atoms with Crippen LogP contribution in [0.4, 0.5) is 0 Å². The van der Waals surface area contributed by atoms with Crippen molar-refractivity contribution in [3.8, 4) is 11.1 Å². The van der Waals surface area contributed by atoms with E-state index in [4.69, 9.17) is 9.47 Å². The number of nitrogens with zero attached hydrogens (tertiary/aromatic N) is 3. The number of aromatic nitrogens is 2. The summed E-state index contributed by atoms with van der Waals surface area (Å²) in [5.41, 5.74) is 7.14. The van der Waals surface area contributed by atoms with Crippen molar-refractivity contribution in [3.05, 3.63) is 131 Å². The summed E-state index contributed by atoms with van der Waals surface area (Å²) in [7, 11) is 0. The van der Waals surface area contributed by atoms with Crippen molar-refractivity contribution in [1.29, 1.82) is 0 Å². The van der Waals surface area contributed by atoms with Crippen molar-refractivity contribution in [2.24, 2.45) is 5.92 Å². The highest BCUT2D eigenvalue weighted by Gasteiger charge is 2.44. The molecule has 0 unspecified atom stereocenters. The Morgan fingerprint density at radius 2 is 1.57 bits per heavy atom. The van der Waals surface area contributed by atoms with Crippen LogP contribution in [0.15, 0.2) is 103 Å². The van der Waals surface area contributed by atoms with Crippen LogP contribution in [0.1, 0.15) is 111 Å². The Hall–Kier alpha value is -5.00. The summed E-state index contributed by atoms with van der Waals surface area (Å²) in [4.78, 5) is 38.3. The first-order valence-electron chi connectivity index (χ1n) is 20.9. The van der Waals surface area contributed by atoms with Crippen molar-refractivity contribution in [2.75, 3.05) is 6.54 Å². The maximum absolute atomic E-state index is 13.9. The molecule has 2 saturated heterocycles. The largest absolute Gasteiger partial charge is 0.392 e. The van der Waals surface area contributed by atoms with Gasteiger partial charge < -0.3 is 25.2 Å². The van der Waals surface area contributed by atoms with Gasteiger partial charge in [-0.15, -0.1) is 0 Å². The van der Waals surface area contributed by atoms with Crippen LogP contribution in [-0.4, -0.2) is 62.1 Å². The fourth-order valence-electron chi connectivity index (χ4n) is 9.06. The summed E-state index contributed by atoms with van der Waals surface area (Å²) in [5.74, 6) is 0.420. The summed E-state index contributed by atoms with van der Waals surface area (Å²) >= 11 is 0. The van der Waals surface area contributed by atoms with Crippen LogP contribution in [0.25, 0.3) is 22.2 Å². The number of ether oxygens (including phenoxy) is 2. The fraction of sp³-hybridized carbons (Fsp3) is 0.417. The standard InChI is InChI=1S/C48H55N5O5/c1-48(2,3)52-46(56)43-23-22-33-11-4-7-17-42(33)53(43)29-38-26-44(34-20-18-31(30-54)19-21-34)58-47(57-38)37-14-9-13-36(25-37)35-12-8-10-32(24-35)27-50-45(55)41-28-49-39-15-5-6-16-40(39)51-41/h5-6,8-10,12-16,18-21,24-25,28,33,38,42-44,47,54H,4,7,11,17,22-23,26-27,29-30H2,1-3H3,(H,50,55)(H,52,56)/t33-,38-,42-,43-,44+,47+/m1/s1. The van der Waals surface area contributed by atoms with E-state index in [1.807, 2.05) is 87.5 Å². The van der Waals surface area contributed by atoms with E-state index in [2.05, 4.69) is 55.8 Å². The maximum atomic E-state index is 13.9. The summed E-state index contributed by atoms with van der Waals surface area (Å²) in [6.45, 7) is 7.10. The first-order valence-corrected chi connectivity index (χ1v) is 20.9. The van der Waals surface area contributed by atoms with E-state index in [0.29, 0.717) is 37.0 Å². The number of hydrogen-bond acceptors (Lipinski definition) is 8. The highest BCUT2D eigenvalue weighted by Crippen LogP contribution is 2.42. The molecular weight excluding hydrogens is 727 g/mol. The van der Waals surface area contributed by atoms with Crippen LogP contribution in [-0.2, 0) is 27.4 Å². The normalized spacial score (nSPS) is 23.9. The van der Waals surface area contributed by atoms with Crippen LogP contribution < -0.4 is 10.6 Å². The number of nitrogens with one attached hydrogen (secondary N) is 2. The average Bonchev–Trinajstić information content (AvgIpc) is 3.25. The van der Waals surface area contributed by atoms with Crippen LogP contribution in [0, 0.1) is 5.92 Å². The lowest BCUT2D eigenvalue weighted by molar-refractivity contribution is -0.255. The molecule has 0 bridgehead atoms. The number of aliphatic hydroxyl groups is 1. The van der Waals surface area contributed by atoms with Crippen molar-refractivity contribution < 1.29 is 24.2 Å². The molecule has 3 aliphatic rings. The lowest BCUT2D eigenvalue weighted by atomic mass is 9.75. The molecule has 6 atom stereocenters. The highest BCUT2D eigenvalue weighted by molar-refractivity contribution is 5.93. The van der Waals surface area contributed by atoms with E-state index < -0.39 is 6.29 Å². The molecule has 1 saturated carbocycles. The van der Waals surface area contributed by atoms with Gasteiger partial charge >= 0.3 is 0 Å². The molecule has 302 valence electrons. The quantitative estimate of drug-likeness (QED) is 0.130. The van der Waals surface area contributed by atoms with E-state index >= 15 is 0 Å². The topological polar surface area (TPSA) is 126 Å². The molecule has 3 fully saturated rings. The number of carbonyl (C=O) groups is 2. The predicted octanol–water partition coefficient (Wildman–Crippen LogP) is 8.20. The van der Waals surface area contributed by atoms with Crippen LogP contribution in [0.3, 0.4) is 0 Å². The van der Waals surface area contributed by atoms with E-state index in [1.165, 1.54) is 25.5 Å². The minimum absolute atomic E-state index is 0.0187. The zero-order chi connectivity index (χ0) is 40.2. The molecule has 2 aliphatic heterocycles. The molecule has 2 amide bonds. The number of amides is 2. The lowest BCUT2D eigenvalue weighted by Crippen LogP contribution is -2.61. The van der Waals surface area contributed by atoms with E-state index in [1.54, 1.807) is 0 Å². The van der Waals surface area contributed by atoms with E-state index in [-0.39, 0.29) is 47.9 Å². The number of para-hydroxylation sites is 2. The molecule has 3 heterocycles. The monoisotopic (exact) mass is 781 g/mol. The smallest absolute Gasteiger partial charge is 0.271 e. The zero-order valence-electron chi connectivity index (χ0n) is 33.8. The van der Waals surface area contributed by atoms with Gasteiger partial charge in [0.15, 0.2) is 6.29 Å². The molecule has 58 heavy (non-hydrogen) atoms. The van der Waals surface area contributed by atoms with Gasteiger partial charge in [-0.1, -0.05) is 85.6 Å². The molecule has 1 aliphatic carbocycles. The number of carbonyl (C=O) groups excluding carboxylic acids is 2. The second-order valence-corrected chi connectivity index (χ2v) is 17.2. The molecule has 10 nitrogen and oxygen atoms in total. The van der Waals surface area contributed by atoms with Gasteiger partial charge in [0.2, 0.25) is 5.91 Å². The van der Waals surface area contributed by atoms with Crippen LogP contribution >= 0.6 is 0 Å². The Balaban J connectivity index is 1.03. The Morgan fingerprint density at radius 1 is 0.810 bits per heavy atom. The van der Waals surface area contributed by atoms with Gasteiger partial charge in [-0.2, -0.15) is 0 Å². The molecule has 10 heteroatoms. The van der Waals surface area contributed by atoms with E-state index in [9.17, 15) is 14.7 Å². The molecule has 1 aromatic heterocycles. The minimum atomic E-state index is -0.638. The average molecular weight is 782 g/mol. The second-order valence-electron chi connectivity index (χ2n) is 17.2. The molecule has 5 aromatic rings. The molecular formula is C48H55N5O5. The van der Waals surface area contributed by atoms with Gasteiger partial charge in [-0.25, -0.2) is 4.98 Å². The molecule has 0 spiro atoms. The number of piperidine rings is 1. The number of benzene rings is 4. The van der Waals surface area contributed by atoms with Crippen molar-refractivity contribution in [1.82, 2.24) is 25.5 Å². The van der Waals surface area contributed by atoms with Crippen molar-refractivity contribution >= 4 is 22.8 Å². The number of aliphatic hydroxyl groups excluding tert-OH is 1. The highest BCUT2D eigenvalue weighted by atomic mass is 16.7. The third kappa shape index (κ3) is 9.31. The number of likely N-dealkylation sites (tertiary alicyclic amines) is 1. The fourth-order valence-corrected chi connectivity index (χ4v) is 9.06. The number of rotatable bonds is 10. The summed E-state index contributed by atoms with van der Waals surface area (Å²) in [5, 5.41) is 16.0. The molecule has 3 N–H and O–H groups in total. The molecule has 4 aromatic carbocycles. The third-order valence-electron chi connectivity index (χ3n) is 11.9. The third-order valence-corrected chi connectivity index (χ3v) is 11.9. The van der Waals surface area contributed by atoms with E-state index in [0.717, 1.165) is 58.2 Å². The minimum Gasteiger partial charge on any atom is -0.392 e. The Morgan fingerprint density at radius 3 is 2.36 bits per heavy atom. The maximum Gasteiger partial charge on any atom is 0.271 e. The molecule has 8 rings (SSSR count). The first-order chi connectivity index (χ1) is 28.1. The van der Waals surface area contributed by atoms with Crippen LogP contribution in [0.2, 0.25) is 0 Å². The Kier molecular flexibility index (Phi) is 12.0. The van der Waals surface area contributed by atoms with Gasteiger partial charge in [-0.05, 0) is 104 Å². The summed E-state index contributed by atoms with van der Waals surface area (Å²) in [6.07, 6.45) is 7.78. The molecule has 0 radical (unpaired) electrons. The second kappa shape index (κ2) is 17.5. The van der Waals surface area contributed by atoms with Crippen molar-refractivity contribution in [2.45, 2.75) is 115 Å². The van der Waals surface area contributed by atoms with Gasteiger partial charge in [-0.3, -0.25) is 19.5 Å². The first kappa shape index (κ1) is 39.8. The lowest BCUT2D eigenvalue weighted by Gasteiger charge is -2.50. The van der Waals surface area contributed by atoms with Gasteiger partial charge in [0.25, 0.3) is 5.91 Å². The Labute approximate surface area is 341 Å². The zero-order valence-corrected chi connectivity index (χ0v) is 33.8. The SMILES string of the molecule is CC(C)(C)NC(=O)[C@H]1CC[C@H]2CCCC[C@H]2N1C[C@H]1C[C@@H](c2ccc(CO)cc2)O[C@@H](c2cccc(-c3cccc(CNC(=O)c4cnc5ccccc5n4)c3)c2)O1. The van der Waals surface area contributed by atoms with Gasteiger partial charge in [0.1, 0.15) is 5.69 Å². The number of hydrogen-bond donors (Lipinski definition) is 3. The summed E-state index contributed by atoms with van der Waals surface area (Å²) in [6, 6.07) is 32.1. The van der Waals surface area contributed by atoms with Gasteiger partial charge in [0, 0.05) is 36.7 Å². The van der Waals surface area contributed by atoms with Crippen LogP contribution in [0.5, 0.6) is 0 Å². The number of fused-ring (bicyclic) bond motifs is 2. The Bertz CT molecular complexity index is 2220. The summed E-state index contributed by atoms with van der Waals surface area (Å²) < 4.78 is 13.7. The van der Waals surface area contributed by atoms with Crippen molar-refractivity contribution in [3.63, 3.8) is 0 Å². The van der Waals surface area contributed by atoms with Gasteiger partial charge in [0.05, 0.1) is 42.1 Å². The predicted molar refractivity (Wildman–Crippen MR) is 224 cm³/mol.